The van der Waals surface area contributed by atoms with Crippen LogP contribution < -0.4 is 0 Å². The standard InChI is InChI=1S/C71H134O6/c1-4-7-10-13-16-19-22-24-26-27-28-29-30-31-32-33-34-35-36-37-38-39-40-41-42-43-45-46-49-52-55-58-61-64-70(73)76-67-68(66-75-69(72)63-60-57-54-51-48-21-18-15-12-9-6-3)77-71(74)65-62-59-56-53-50-47-44-25-23-20-17-14-11-8-5-2/h22,24,27-28,68H,4-21,23,25-26,29-67H2,1-3H3/b24-22-,28-27-. The summed E-state index contributed by atoms with van der Waals surface area (Å²) in [6.45, 7) is 6.69. The number of esters is 3. The van der Waals surface area contributed by atoms with Crippen molar-refractivity contribution in [2.75, 3.05) is 13.2 Å². The van der Waals surface area contributed by atoms with E-state index in [1.54, 1.807) is 0 Å². The first-order chi connectivity index (χ1) is 38.0. The molecule has 0 saturated heterocycles. The lowest BCUT2D eigenvalue weighted by Crippen LogP contribution is -2.30. The van der Waals surface area contributed by atoms with Crippen LogP contribution >= 0.6 is 0 Å². The van der Waals surface area contributed by atoms with Gasteiger partial charge in [-0.25, -0.2) is 0 Å². The van der Waals surface area contributed by atoms with Crippen LogP contribution in [0.25, 0.3) is 0 Å². The molecule has 0 fully saturated rings. The summed E-state index contributed by atoms with van der Waals surface area (Å²) >= 11 is 0. The SMILES string of the molecule is CCCCCCC/C=C\C/C=C\CCCCCCCCCCCCCCCCCCCCCCCC(=O)OCC(COC(=O)CCCCCCCCCCCCC)OC(=O)CCCCCCCCCCCCCCCCC. The van der Waals surface area contributed by atoms with Gasteiger partial charge in [0.1, 0.15) is 13.2 Å². The maximum Gasteiger partial charge on any atom is 0.306 e. The minimum atomic E-state index is -0.764. The van der Waals surface area contributed by atoms with Crippen LogP contribution in [0.5, 0.6) is 0 Å². The molecule has 0 aromatic rings. The molecule has 77 heavy (non-hydrogen) atoms. The second-order valence-electron chi connectivity index (χ2n) is 23.8. The fourth-order valence-corrected chi connectivity index (χ4v) is 10.7. The second-order valence-corrected chi connectivity index (χ2v) is 23.8. The highest BCUT2D eigenvalue weighted by Crippen LogP contribution is 2.19. The first-order valence-electron chi connectivity index (χ1n) is 34.8. The van der Waals surface area contributed by atoms with Gasteiger partial charge in [0.15, 0.2) is 6.10 Å². The van der Waals surface area contributed by atoms with Gasteiger partial charge in [-0.05, 0) is 51.4 Å². The van der Waals surface area contributed by atoms with Crippen molar-refractivity contribution in [1.82, 2.24) is 0 Å². The smallest absolute Gasteiger partial charge is 0.306 e. The van der Waals surface area contributed by atoms with Gasteiger partial charge in [0.2, 0.25) is 0 Å². The van der Waals surface area contributed by atoms with Crippen LogP contribution in [-0.2, 0) is 28.6 Å². The average Bonchev–Trinajstić information content (AvgIpc) is 3.43. The van der Waals surface area contributed by atoms with Crippen molar-refractivity contribution >= 4 is 17.9 Å². The van der Waals surface area contributed by atoms with E-state index in [2.05, 4.69) is 45.1 Å². The molecule has 0 aromatic heterocycles. The third-order valence-electron chi connectivity index (χ3n) is 16.0. The predicted molar refractivity (Wildman–Crippen MR) is 335 cm³/mol. The highest BCUT2D eigenvalue weighted by atomic mass is 16.6. The molecule has 0 bridgehead atoms. The third kappa shape index (κ3) is 64.6. The lowest BCUT2D eigenvalue weighted by molar-refractivity contribution is -0.167. The molecular formula is C71H134O6. The summed E-state index contributed by atoms with van der Waals surface area (Å²) in [5.74, 6) is -0.833. The zero-order chi connectivity index (χ0) is 55.7. The van der Waals surface area contributed by atoms with Crippen molar-refractivity contribution in [2.45, 2.75) is 399 Å². The van der Waals surface area contributed by atoms with E-state index < -0.39 is 6.10 Å². The number of carbonyl (C=O) groups excluding carboxylic acids is 3. The Hall–Kier alpha value is -2.11. The molecule has 0 aliphatic heterocycles. The highest BCUT2D eigenvalue weighted by Gasteiger charge is 2.19. The number of hydrogen-bond donors (Lipinski definition) is 0. The van der Waals surface area contributed by atoms with Gasteiger partial charge in [0.05, 0.1) is 0 Å². The molecule has 6 heteroatoms. The van der Waals surface area contributed by atoms with Crippen molar-refractivity contribution in [3.05, 3.63) is 24.3 Å². The maximum absolute atomic E-state index is 12.9. The highest BCUT2D eigenvalue weighted by molar-refractivity contribution is 5.71. The first kappa shape index (κ1) is 74.9. The lowest BCUT2D eigenvalue weighted by atomic mass is 10.0. The largest absolute Gasteiger partial charge is 0.462 e. The predicted octanol–water partition coefficient (Wildman–Crippen LogP) is 23.8. The van der Waals surface area contributed by atoms with Gasteiger partial charge in [-0.15, -0.1) is 0 Å². The topological polar surface area (TPSA) is 78.9 Å². The van der Waals surface area contributed by atoms with E-state index in [4.69, 9.17) is 14.2 Å². The number of rotatable bonds is 65. The number of carbonyl (C=O) groups is 3. The number of unbranched alkanes of at least 4 members (excludes halogenated alkanes) is 50. The molecule has 1 atom stereocenters. The Morgan fingerprint density at radius 3 is 0.714 bits per heavy atom. The molecule has 0 aliphatic rings. The number of ether oxygens (including phenoxy) is 3. The van der Waals surface area contributed by atoms with E-state index >= 15 is 0 Å². The summed E-state index contributed by atoms with van der Waals surface area (Å²) in [5, 5.41) is 0. The number of hydrogen-bond acceptors (Lipinski definition) is 6. The Bertz CT molecular complexity index is 1240. The quantitative estimate of drug-likeness (QED) is 0.0261. The van der Waals surface area contributed by atoms with E-state index in [0.717, 1.165) is 64.2 Å². The van der Waals surface area contributed by atoms with Gasteiger partial charge in [-0.2, -0.15) is 0 Å². The molecule has 0 rings (SSSR count). The molecule has 0 amide bonds. The summed E-state index contributed by atoms with van der Waals surface area (Å²) in [5.41, 5.74) is 0. The Balaban J connectivity index is 4.03. The molecule has 0 spiro atoms. The Kier molecular flexibility index (Phi) is 64.6. The van der Waals surface area contributed by atoms with Gasteiger partial charge in [-0.1, -0.05) is 347 Å². The third-order valence-corrected chi connectivity index (χ3v) is 16.0. The van der Waals surface area contributed by atoms with Crippen LogP contribution in [0.4, 0.5) is 0 Å². The van der Waals surface area contributed by atoms with Crippen molar-refractivity contribution < 1.29 is 28.6 Å². The summed E-state index contributed by atoms with van der Waals surface area (Å²) in [6.07, 6.45) is 80.8. The van der Waals surface area contributed by atoms with Gasteiger partial charge < -0.3 is 14.2 Å². The van der Waals surface area contributed by atoms with E-state index in [1.165, 1.54) is 289 Å². The Morgan fingerprint density at radius 1 is 0.260 bits per heavy atom. The zero-order valence-corrected chi connectivity index (χ0v) is 52.3. The summed E-state index contributed by atoms with van der Waals surface area (Å²) in [6, 6.07) is 0. The minimum Gasteiger partial charge on any atom is -0.462 e. The van der Waals surface area contributed by atoms with Crippen molar-refractivity contribution in [3.8, 4) is 0 Å². The fraction of sp³-hybridized carbons (Fsp3) is 0.901. The van der Waals surface area contributed by atoms with Gasteiger partial charge >= 0.3 is 17.9 Å². The number of allylic oxidation sites excluding steroid dienone is 4. The van der Waals surface area contributed by atoms with Crippen LogP contribution in [-0.4, -0.2) is 37.2 Å². The molecule has 0 N–H and O–H groups in total. The average molecular weight is 1080 g/mol. The van der Waals surface area contributed by atoms with Crippen LogP contribution in [0.1, 0.15) is 393 Å². The molecular weight excluding hydrogens is 949 g/mol. The van der Waals surface area contributed by atoms with E-state index in [-0.39, 0.29) is 31.1 Å². The molecule has 6 nitrogen and oxygen atoms in total. The molecule has 0 aliphatic carbocycles. The minimum absolute atomic E-state index is 0.0631. The lowest BCUT2D eigenvalue weighted by Gasteiger charge is -2.18. The van der Waals surface area contributed by atoms with Gasteiger partial charge in [0, 0.05) is 19.3 Å². The van der Waals surface area contributed by atoms with Crippen molar-refractivity contribution in [2.24, 2.45) is 0 Å². The first-order valence-corrected chi connectivity index (χ1v) is 34.8. The molecule has 0 aromatic carbocycles. The van der Waals surface area contributed by atoms with Gasteiger partial charge in [0.25, 0.3) is 0 Å². The zero-order valence-electron chi connectivity index (χ0n) is 52.3. The van der Waals surface area contributed by atoms with Crippen LogP contribution in [0.2, 0.25) is 0 Å². The maximum atomic E-state index is 12.9. The molecule has 0 saturated carbocycles. The second kappa shape index (κ2) is 66.4. The van der Waals surface area contributed by atoms with Crippen molar-refractivity contribution in [3.63, 3.8) is 0 Å². The van der Waals surface area contributed by atoms with E-state index in [0.29, 0.717) is 19.3 Å². The van der Waals surface area contributed by atoms with Crippen LogP contribution in [0.3, 0.4) is 0 Å². The molecule has 0 heterocycles. The Morgan fingerprint density at radius 2 is 0.468 bits per heavy atom. The van der Waals surface area contributed by atoms with E-state index in [1.807, 2.05) is 0 Å². The van der Waals surface area contributed by atoms with E-state index in [9.17, 15) is 14.4 Å². The monoisotopic (exact) mass is 1080 g/mol. The summed E-state index contributed by atoms with van der Waals surface area (Å²) in [4.78, 5) is 38.3. The van der Waals surface area contributed by atoms with Crippen LogP contribution in [0, 0.1) is 0 Å². The Labute approximate surface area is 481 Å². The molecule has 454 valence electrons. The normalized spacial score (nSPS) is 12.1. The van der Waals surface area contributed by atoms with Crippen LogP contribution in [0.15, 0.2) is 24.3 Å². The van der Waals surface area contributed by atoms with Crippen molar-refractivity contribution in [1.29, 1.82) is 0 Å². The molecule has 0 radical (unpaired) electrons. The summed E-state index contributed by atoms with van der Waals surface area (Å²) in [7, 11) is 0. The van der Waals surface area contributed by atoms with Gasteiger partial charge in [-0.3, -0.25) is 14.4 Å². The molecule has 1 unspecified atom stereocenters. The fourth-order valence-electron chi connectivity index (χ4n) is 10.7. The summed E-state index contributed by atoms with van der Waals surface area (Å²) < 4.78 is 16.9.